The number of aliphatic hydroxyl groups excluding tert-OH is 1. The molecule has 0 aliphatic rings. The minimum Gasteiger partial charge on any atom is -0.507 e. The summed E-state index contributed by atoms with van der Waals surface area (Å²) in [5.41, 5.74) is 2.87. The zero-order valence-corrected chi connectivity index (χ0v) is 14.0. The molecule has 3 nitrogen and oxygen atoms in total. The summed E-state index contributed by atoms with van der Waals surface area (Å²) in [5, 5.41) is 23.3. The second-order valence-corrected chi connectivity index (χ2v) is 5.96. The average molecular weight is 347 g/mol. The molecule has 2 N–H and O–H groups in total. The molecule has 5 heteroatoms. The van der Waals surface area contributed by atoms with Gasteiger partial charge in [0.05, 0.1) is 0 Å². The molecule has 1 heterocycles. The van der Waals surface area contributed by atoms with Gasteiger partial charge < -0.3 is 10.2 Å². The molecule has 0 aliphatic carbocycles. The molecule has 0 radical (unpaired) electrons. The van der Waals surface area contributed by atoms with Crippen LogP contribution in [-0.4, -0.2) is 16.2 Å². The van der Waals surface area contributed by atoms with Gasteiger partial charge >= 0.3 is 5.97 Å². The predicted molar refractivity (Wildman–Crippen MR) is 95.9 cm³/mol. The van der Waals surface area contributed by atoms with Gasteiger partial charge in [-0.2, -0.15) is 11.3 Å². The van der Waals surface area contributed by atoms with E-state index in [-0.39, 0.29) is 11.3 Å². The first-order chi connectivity index (χ1) is 10.9. The fourth-order valence-electron chi connectivity index (χ4n) is 2.02. The standard InChI is InChI=1S/C18H15ClO3S/c1-3-17(20)15(18(21)22)8-11(2)12-4-5-14(16(19)9-12)13-6-7-23-10-13/h3-10,20H,2H2,1H3,(H,21,22)/b15-8+,17-3+. The van der Waals surface area contributed by atoms with Crippen molar-refractivity contribution in [2.24, 2.45) is 0 Å². The number of halogens is 1. The van der Waals surface area contributed by atoms with Crippen LogP contribution in [-0.2, 0) is 4.79 Å². The van der Waals surface area contributed by atoms with E-state index in [0.717, 1.165) is 11.1 Å². The van der Waals surface area contributed by atoms with Gasteiger partial charge in [-0.15, -0.1) is 0 Å². The third-order valence-corrected chi connectivity index (χ3v) is 4.27. The van der Waals surface area contributed by atoms with E-state index in [1.807, 2.05) is 29.0 Å². The highest BCUT2D eigenvalue weighted by Gasteiger charge is 2.13. The molecule has 2 aromatic rings. The molecule has 0 saturated heterocycles. The highest BCUT2D eigenvalue weighted by molar-refractivity contribution is 7.08. The van der Waals surface area contributed by atoms with E-state index in [1.165, 1.54) is 12.2 Å². The van der Waals surface area contributed by atoms with Gasteiger partial charge in [0.15, 0.2) is 0 Å². The third kappa shape index (κ3) is 3.92. The first kappa shape index (κ1) is 17.1. The number of hydrogen-bond donors (Lipinski definition) is 2. The Morgan fingerprint density at radius 3 is 2.57 bits per heavy atom. The number of thiophene rings is 1. The van der Waals surface area contributed by atoms with Crippen molar-refractivity contribution in [1.29, 1.82) is 0 Å². The van der Waals surface area contributed by atoms with Gasteiger partial charge in [0.1, 0.15) is 11.3 Å². The second-order valence-electron chi connectivity index (χ2n) is 4.77. The molecule has 1 aromatic heterocycles. The van der Waals surface area contributed by atoms with Gasteiger partial charge in [-0.3, -0.25) is 0 Å². The van der Waals surface area contributed by atoms with Crippen molar-refractivity contribution in [1.82, 2.24) is 0 Å². The molecule has 0 fully saturated rings. The van der Waals surface area contributed by atoms with Crippen molar-refractivity contribution in [3.05, 3.63) is 75.7 Å². The van der Waals surface area contributed by atoms with Gasteiger partial charge in [0.2, 0.25) is 0 Å². The number of carbonyl (C=O) groups is 1. The van der Waals surface area contributed by atoms with E-state index in [9.17, 15) is 9.90 Å². The summed E-state index contributed by atoms with van der Waals surface area (Å²) in [6.45, 7) is 5.42. The summed E-state index contributed by atoms with van der Waals surface area (Å²) in [7, 11) is 0. The van der Waals surface area contributed by atoms with E-state index in [0.29, 0.717) is 16.2 Å². The van der Waals surface area contributed by atoms with Crippen LogP contribution in [0.1, 0.15) is 12.5 Å². The molecule has 0 saturated carbocycles. The lowest BCUT2D eigenvalue weighted by molar-refractivity contribution is -0.132. The molecular weight excluding hydrogens is 332 g/mol. The molecule has 1 aromatic carbocycles. The van der Waals surface area contributed by atoms with Crippen LogP contribution in [0.3, 0.4) is 0 Å². The maximum atomic E-state index is 11.2. The van der Waals surface area contributed by atoms with Crippen molar-refractivity contribution >= 4 is 34.5 Å². The van der Waals surface area contributed by atoms with Crippen molar-refractivity contribution < 1.29 is 15.0 Å². The van der Waals surface area contributed by atoms with Crippen molar-refractivity contribution in [3.63, 3.8) is 0 Å². The van der Waals surface area contributed by atoms with Gasteiger partial charge in [-0.25, -0.2) is 4.79 Å². The fourth-order valence-corrected chi connectivity index (χ4v) is 2.97. The lowest BCUT2D eigenvalue weighted by Crippen LogP contribution is -2.03. The number of carboxylic acid groups (broad SMARTS) is 1. The topological polar surface area (TPSA) is 57.5 Å². The number of aliphatic hydroxyl groups is 1. The molecular formula is C18H15ClO3S. The maximum absolute atomic E-state index is 11.2. The smallest absolute Gasteiger partial charge is 0.339 e. The van der Waals surface area contributed by atoms with Crippen molar-refractivity contribution in [2.45, 2.75) is 6.92 Å². The van der Waals surface area contributed by atoms with Gasteiger partial charge in [0, 0.05) is 10.6 Å². The lowest BCUT2D eigenvalue weighted by Gasteiger charge is -2.08. The molecule has 0 aliphatic heterocycles. The Balaban J connectivity index is 2.37. The monoisotopic (exact) mass is 346 g/mol. The first-order valence-electron chi connectivity index (χ1n) is 6.76. The Morgan fingerprint density at radius 1 is 1.30 bits per heavy atom. The normalized spacial score (nSPS) is 12.3. The number of rotatable bonds is 5. The lowest BCUT2D eigenvalue weighted by atomic mass is 10.0. The Labute approximate surface area is 143 Å². The molecule has 23 heavy (non-hydrogen) atoms. The minimum absolute atomic E-state index is 0.212. The predicted octanol–water partition coefficient (Wildman–Crippen LogP) is 5.55. The van der Waals surface area contributed by atoms with Crippen LogP contribution >= 0.6 is 22.9 Å². The molecule has 0 atom stereocenters. The Bertz CT molecular complexity index is 802. The van der Waals surface area contributed by atoms with Gasteiger partial charge in [-0.05, 0) is 58.7 Å². The van der Waals surface area contributed by atoms with Crippen LogP contribution in [0.4, 0.5) is 0 Å². The fraction of sp³-hybridized carbons (Fsp3) is 0.0556. The van der Waals surface area contributed by atoms with E-state index >= 15 is 0 Å². The van der Waals surface area contributed by atoms with E-state index in [1.54, 1.807) is 24.3 Å². The van der Waals surface area contributed by atoms with Crippen molar-refractivity contribution in [3.8, 4) is 11.1 Å². The van der Waals surface area contributed by atoms with Crippen molar-refractivity contribution in [2.75, 3.05) is 0 Å². The van der Waals surface area contributed by atoms with E-state index in [2.05, 4.69) is 6.58 Å². The molecule has 2 rings (SSSR count). The molecule has 0 amide bonds. The van der Waals surface area contributed by atoms with Crippen LogP contribution in [0.25, 0.3) is 16.7 Å². The number of hydrogen-bond acceptors (Lipinski definition) is 3. The Morgan fingerprint density at radius 2 is 2.04 bits per heavy atom. The first-order valence-corrected chi connectivity index (χ1v) is 8.08. The zero-order chi connectivity index (χ0) is 17.0. The highest BCUT2D eigenvalue weighted by atomic mass is 35.5. The molecule has 0 spiro atoms. The van der Waals surface area contributed by atoms with Crippen LogP contribution in [0, 0.1) is 0 Å². The van der Waals surface area contributed by atoms with E-state index < -0.39 is 5.97 Å². The number of allylic oxidation sites excluding steroid dienone is 3. The van der Waals surface area contributed by atoms with Crippen LogP contribution in [0.5, 0.6) is 0 Å². The molecule has 118 valence electrons. The summed E-state index contributed by atoms with van der Waals surface area (Å²) >= 11 is 7.91. The van der Waals surface area contributed by atoms with Crippen LogP contribution in [0.2, 0.25) is 5.02 Å². The minimum atomic E-state index is -1.22. The maximum Gasteiger partial charge on any atom is 0.339 e. The largest absolute Gasteiger partial charge is 0.507 e. The summed E-state index contributed by atoms with van der Waals surface area (Å²) in [6.07, 6.45) is 2.65. The number of aliphatic carboxylic acids is 1. The molecule has 0 bridgehead atoms. The quantitative estimate of drug-likeness (QED) is 0.423. The highest BCUT2D eigenvalue weighted by Crippen LogP contribution is 2.32. The summed E-state index contributed by atoms with van der Waals surface area (Å²) in [4.78, 5) is 11.2. The number of carboxylic acids is 1. The second kappa shape index (κ2) is 7.31. The van der Waals surface area contributed by atoms with Gasteiger partial charge in [0.25, 0.3) is 0 Å². The Kier molecular flexibility index (Phi) is 5.42. The van der Waals surface area contributed by atoms with E-state index in [4.69, 9.17) is 16.7 Å². The summed E-state index contributed by atoms with van der Waals surface area (Å²) in [6, 6.07) is 7.41. The SMILES string of the molecule is C=C(/C=C(C(=O)O)\C(O)=C/C)c1ccc(-c2ccsc2)c(Cl)c1. The zero-order valence-electron chi connectivity index (χ0n) is 12.4. The third-order valence-electron chi connectivity index (χ3n) is 3.27. The Hall–Kier alpha value is -2.30. The summed E-state index contributed by atoms with van der Waals surface area (Å²) < 4.78 is 0. The molecule has 0 unspecified atom stereocenters. The van der Waals surface area contributed by atoms with Crippen LogP contribution in [0.15, 0.2) is 65.1 Å². The van der Waals surface area contributed by atoms with Crippen LogP contribution < -0.4 is 0 Å². The summed E-state index contributed by atoms with van der Waals surface area (Å²) in [5.74, 6) is -1.53. The van der Waals surface area contributed by atoms with Gasteiger partial charge in [-0.1, -0.05) is 30.3 Å². The number of benzene rings is 1. The average Bonchev–Trinajstić information content (AvgIpc) is 3.05.